The van der Waals surface area contributed by atoms with E-state index in [0.29, 0.717) is 33.9 Å². The first-order chi connectivity index (χ1) is 14.7. The summed E-state index contributed by atoms with van der Waals surface area (Å²) in [6.45, 7) is 0. The zero-order chi connectivity index (χ0) is 20.5. The number of carbonyl (C=O) groups is 1. The molecule has 0 aliphatic rings. The normalized spacial score (nSPS) is 11.0. The second-order valence-electron chi connectivity index (χ2n) is 6.77. The van der Waals surface area contributed by atoms with E-state index in [2.05, 4.69) is 4.98 Å². The van der Waals surface area contributed by atoms with Crippen LogP contribution in [-0.4, -0.2) is 18.1 Å². The van der Waals surface area contributed by atoms with Crippen LogP contribution in [0.4, 0.5) is 0 Å². The summed E-state index contributed by atoms with van der Waals surface area (Å²) in [5.41, 5.74) is 2.23. The first-order valence-corrected chi connectivity index (χ1v) is 9.47. The van der Waals surface area contributed by atoms with Crippen molar-refractivity contribution in [2.24, 2.45) is 0 Å². The molecular formula is C25H17NO4. The number of esters is 1. The highest BCUT2D eigenvalue weighted by Crippen LogP contribution is 2.33. The van der Waals surface area contributed by atoms with Gasteiger partial charge in [-0.1, -0.05) is 48.5 Å². The van der Waals surface area contributed by atoms with Gasteiger partial charge in [-0.3, -0.25) is 0 Å². The van der Waals surface area contributed by atoms with E-state index in [-0.39, 0.29) is 0 Å². The van der Waals surface area contributed by atoms with Crippen LogP contribution in [0.1, 0.15) is 10.4 Å². The van der Waals surface area contributed by atoms with Gasteiger partial charge in [0.15, 0.2) is 5.58 Å². The van der Waals surface area contributed by atoms with Crippen LogP contribution in [0.15, 0.2) is 89.3 Å². The van der Waals surface area contributed by atoms with Crippen LogP contribution in [0.3, 0.4) is 0 Å². The topological polar surface area (TPSA) is 61.6 Å². The second-order valence-corrected chi connectivity index (χ2v) is 6.77. The van der Waals surface area contributed by atoms with E-state index in [1.54, 1.807) is 24.3 Å². The average molecular weight is 395 g/mol. The SMILES string of the molecule is COC(=O)c1ccccc1-c1nc2ccc(Oc3cccc4ccccc34)cc2o1. The van der Waals surface area contributed by atoms with Crippen LogP contribution in [0.2, 0.25) is 0 Å². The molecule has 5 rings (SSSR count). The van der Waals surface area contributed by atoms with Gasteiger partial charge in [0, 0.05) is 11.5 Å². The Hall–Kier alpha value is -4.12. The van der Waals surface area contributed by atoms with E-state index in [1.165, 1.54) is 7.11 Å². The van der Waals surface area contributed by atoms with Crippen molar-refractivity contribution < 1.29 is 18.7 Å². The van der Waals surface area contributed by atoms with Crippen LogP contribution in [-0.2, 0) is 4.74 Å². The lowest BCUT2D eigenvalue weighted by Gasteiger charge is -2.08. The molecule has 0 aliphatic carbocycles. The molecule has 0 fully saturated rings. The summed E-state index contributed by atoms with van der Waals surface area (Å²) < 4.78 is 17.0. The van der Waals surface area contributed by atoms with Gasteiger partial charge in [-0.25, -0.2) is 9.78 Å². The van der Waals surface area contributed by atoms with Crippen LogP contribution in [0.25, 0.3) is 33.3 Å². The molecule has 0 saturated carbocycles. The lowest BCUT2D eigenvalue weighted by Crippen LogP contribution is -2.03. The zero-order valence-corrected chi connectivity index (χ0v) is 16.2. The van der Waals surface area contributed by atoms with E-state index in [1.807, 2.05) is 60.7 Å². The molecule has 0 aliphatic heterocycles. The van der Waals surface area contributed by atoms with Gasteiger partial charge < -0.3 is 13.9 Å². The Balaban J connectivity index is 1.53. The molecular weight excluding hydrogens is 378 g/mol. The summed E-state index contributed by atoms with van der Waals surface area (Å²) in [5.74, 6) is 1.33. The molecule has 0 bridgehead atoms. The fraction of sp³-hybridized carbons (Fsp3) is 0.0400. The van der Waals surface area contributed by atoms with Crippen molar-refractivity contribution in [2.75, 3.05) is 7.11 Å². The van der Waals surface area contributed by atoms with Crippen LogP contribution >= 0.6 is 0 Å². The lowest BCUT2D eigenvalue weighted by molar-refractivity contribution is 0.0601. The van der Waals surface area contributed by atoms with Crippen LogP contribution in [0, 0.1) is 0 Å². The minimum Gasteiger partial charge on any atom is -0.465 e. The number of hydrogen-bond acceptors (Lipinski definition) is 5. The van der Waals surface area contributed by atoms with Crippen LogP contribution < -0.4 is 4.74 Å². The third kappa shape index (κ3) is 3.16. The maximum Gasteiger partial charge on any atom is 0.338 e. The van der Waals surface area contributed by atoms with Crippen molar-refractivity contribution in [3.63, 3.8) is 0 Å². The van der Waals surface area contributed by atoms with Gasteiger partial charge in [0.2, 0.25) is 5.89 Å². The molecule has 1 aromatic heterocycles. The quantitative estimate of drug-likeness (QED) is 0.338. The zero-order valence-electron chi connectivity index (χ0n) is 16.2. The van der Waals surface area contributed by atoms with Crippen molar-refractivity contribution in [3.8, 4) is 23.0 Å². The first-order valence-electron chi connectivity index (χ1n) is 9.47. The molecule has 0 spiro atoms. The molecule has 5 nitrogen and oxygen atoms in total. The number of hydrogen-bond donors (Lipinski definition) is 0. The number of methoxy groups -OCH3 is 1. The number of ether oxygens (including phenoxy) is 2. The molecule has 0 radical (unpaired) electrons. The average Bonchev–Trinajstić information content (AvgIpc) is 3.22. The van der Waals surface area contributed by atoms with E-state index in [4.69, 9.17) is 13.9 Å². The Bertz CT molecular complexity index is 1380. The number of fused-ring (bicyclic) bond motifs is 2. The summed E-state index contributed by atoms with van der Waals surface area (Å²) >= 11 is 0. The first kappa shape index (κ1) is 17.9. The van der Waals surface area contributed by atoms with Gasteiger partial charge in [-0.2, -0.15) is 0 Å². The maximum atomic E-state index is 12.1. The number of oxazole rings is 1. The molecule has 30 heavy (non-hydrogen) atoms. The summed E-state index contributed by atoms with van der Waals surface area (Å²) in [5, 5.41) is 2.14. The van der Waals surface area contributed by atoms with E-state index >= 15 is 0 Å². The molecule has 5 heteroatoms. The fourth-order valence-corrected chi connectivity index (χ4v) is 3.45. The molecule has 0 amide bonds. The summed E-state index contributed by atoms with van der Waals surface area (Å²) in [7, 11) is 1.35. The number of carbonyl (C=O) groups excluding carboxylic acids is 1. The van der Waals surface area contributed by atoms with Gasteiger partial charge in [-0.05, 0) is 35.7 Å². The predicted molar refractivity (Wildman–Crippen MR) is 115 cm³/mol. The third-order valence-electron chi connectivity index (χ3n) is 4.90. The van der Waals surface area contributed by atoms with Crippen molar-refractivity contribution in [1.82, 2.24) is 4.98 Å². The van der Waals surface area contributed by atoms with Crippen molar-refractivity contribution >= 4 is 27.8 Å². The highest BCUT2D eigenvalue weighted by atomic mass is 16.5. The molecule has 1 heterocycles. The van der Waals surface area contributed by atoms with Gasteiger partial charge in [-0.15, -0.1) is 0 Å². The Kier molecular flexibility index (Phi) is 4.41. The fourth-order valence-electron chi connectivity index (χ4n) is 3.45. The summed E-state index contributed by atoms with van der Waals surface area (Å²) in [4.78, 5) is 16.6. The minimum atomic E-state index is -0.437. The van der Waals surface area contributed by atoms with E-state index < -0.39 is 5.97 Å². The number of aromatic nitrogens is 1. The van der Waals surface area contributed by atoms with Crippen molar-refractivity contribution in [1.29, 1.82) is 0 Å². The van der Waals surface area contributed by atoms with E-state index in [9.17, 15) is 4.79 Å². The Labute approximate surface area is 172 Å². The Morgan fingerprint density at radius 2 is 1.70 bits per heavy atom. The maximum absolute atomic E-state index is 12.1. The predicted octanol–water partition coefficient (Wildman–Crippen LogP) is 6.23. The van der Waals surface area contributed by atoms with E-state index in [0.717, 1.165) is 16.5 Å². The number of benzene rings is 4. The van der Waals surface area contributed by atoms with Crippen molar-refractivity contribution in [2.45, 2.75) is 0 Å². The molecule has 0 atom stereocenters. The molecule has 0 unspecified atom stereocenters. The van der Waals surface area contributed by atoms with Crippen LogP contribution in [0.5, 0.6) is 11.5 Å². The standard InChI is InChI=1S/C25H17NO4/c1-28-25(27)20-11-5-4-10-19(20)24-26-21-14-13-17(15-23(21)30-24)29-22-12-6-8-16-7-2-3-9-18(16)22/h2-15H,1H3. The Morgan fingerprint density at radius 1 is 0.900 bits per heavy atom. The summed E-state index contributed by atoms with van der Waals surface area (Å²) in [6.07, 6.45) is 0. The highest BCUT2D eigenvalue weighted by molar-refractivity contribution is 5.96. The lowest BCUT2D eigenvalue weighted by atomic mass is 10.1. The third-order valence-corrected chi connectivity index (χ3v) is 4.90. The van der Waals surface area contributed by atoms with Gasteiger partial charge in [0.25, 0.3) is 0 Å². The number of rotatable bonds is 4. The molecule has 4 aromatic carbocycles. The van der Waals surface area contributed by atoms with Gasteiger partial charge >= 0.3 is 5.97 Å². The number of nitrogens with zero attached hydrogens (tertiary/aromatic N) is 1. The smallest absolute Gasteiger partial charge is 0.338 e. The molecule has 0 saturated heterocycles. The largest absolute Gasteiger partial charge is 0.465 e. The van der Waals surface area contributed by atoms with Gasteiger partial charge in [0.05, 0.1) is 18.2 Å². The second kappa shape index (κ2) is 7.37. The molecule has 5 aromatic rings. The minimum absolute atomic E-state index is 0.355. The monoisotopic (exact) mass is 395 g/mol. The summed E-state index contributed by atoms with van der Waals surface area (Å²) in [6, 6.07) is 26.6. The van der Waals surface area contributed by atoms with Gasteiger partial charge in [0.1, 0.15) is 17.0 Å². The molecule has 0 N–H and O–H groups in total. The molecule has 146 valence electrons. The highest BCUT2D eigenvalue weighted by Gasteiger charge is 2.17. The van der Waals surface area contributed by atoms with Crippen molar-refractivity contribution in [3.05, 3.63) is 90.5 Å². The Morgan fingerprint density at radius 3 is 2.60 bits per heavy atom.